The van der Waals surface area contributed by atoms with Crippen LogP contribution in [0.3, 0.4) is 0 Å². The van der Waals surface area contributed by atoms with Gasteiger partial charge in [0.15, 0.2) is 5.78 Å². The smallest absolute Gasteiger partial charge is 0.302 e. The first-order valence-electron chi connectivity index (χ1n) is 11.2. The maximum absolute atomic E-state index is 14.3. The lowest BCUT2D eigenvalue weighted by atomic mass is 9.43. The minimum atomic E-state index is -1.79. The molecular formula is C23H33FO6. The molecule has 8 atom stereocenters. The minimum Gasteiger partial charge on any atom is -0.465 e. The first kappa shape index (κ1) is 21.7. The molecule has 6 nitrogen and oxygen atoms in total. The molecule has 7 heteroatoms. The van der Waals surface area contributed by atoms with Gasteiger partial charge in [-0.3, -0.25) is 14.4 Å². The summed E-state index contributed by atoms with van der Waals surface area (Å²) < 4.78 is 25.4. The van der Waals surface area contributed by atoms with Gasteiger partial charge in [0, 0.05) is 37.5 Å². The van der Waals surface area contributed by atoms with Crippen molar-refractivity contribution in [2.75, 3.05) is 6.61 Å². The number of Topliss-reactive ketones (excluding diaryl/α,β-unsaturated/α-hetero) is 1. The van der Waals surface area contributed by atoms with Crippen molar-refractivity contribution in [3.05, 3.63) is 0 Å². The van der Waals surface area contributed by atoms with Crippen LogP contribution in [0.2, 0.25) is 0 Å². The molecule has 1 N–H and O–H groups in total. The summed E-state index contributed by atoms with van der Waals surface area (Å²) in [5, 5.41) is 11.6. The Hall–Kier alpha value is -1.50. The van der Waals surface area contributed by atoms with E-state index in [0.29, 0.717) is 6.42 Å². The highest BCUT2D eigenvalue weighted by Crippen LogP contribution is 2.67. The molecule has 0 aromatic heterocycles. The Kier molecular flexibility index (Phi) is 5.27. The summed E-state index contributed by atoms with van der Waals surface area (Å²) in [5.41, 5.74) is -2.94. The Morgan fingerprint density at radius 2 is 1.83 bits per heavy atom. The average Bonchev–Trinajstić information content (AvgIpc) is 2.97. The van der Waals surface area contributed by atoms with E-state index in [9.17, 15) is 23.9 Å². The van der Waals surface area contributed by atoms with Crippen molar-refractivity contribution in [2.45, 2.75) is 90.0 Å². The number of rotatable bonds is 3. The van der Waals surface area contributed by atoms with Crippen LogP contribution in [0.1, 0.15) is 72.1 Å². The molecule has 8 unspecified atom stereocenters. The Labute approximate surface area is 176 Å². The van der Waals surface area contributed by atoms with Gasteiger partial charge in [0.2, 0.25) is 0 Å². The van der Waals surface area contributed by atoms with E-state index in [0.717, 1.165) is 25.7 Å². The number of ketones is 1. The number of carbonyl (C=O) groups excluding carboxylic acids is 3. The van der Waals surface area contributed by atoms with Crippen LogP contribution in [0.4, 0.5) is 4.39 Å². The van der Waals surface area contributed by atoms with Gasteiger partial charge in [-0.15, -0.1) is 0 Å². The van der Waals surface area contributed by atoms with Crippen LogP contribution in [0.15, 0.2) is 0 Å². The lowest BCUT2D eigenvalue weighted by molar-refractivity contribution is -0.230. The average molecular weight is 425 g/mol. The molecule has 4 aliphatic carbocycles. The molecule has 0 aromatic rings. The summed E-state index contributed by atoms with van der Waals surface area (Å²) in [4.78, 5) is 36.6. The third-order valence-electron chi connectivity index (χ3n) is 9.03. The second-order valence-corrected chi connectivity index (χ2v) is 10.4. The fourth-order valence-electron chi connectivity index (χ4n) is 7.65. The molecule has 4 fully saturated rings. The number of hydrogen-bond acceptors (Lipinski definition) is 6. The summed E-state index contributed by atoms with van der Waals surface area (Å²) in [6.45, 7) is 4.85. The van der Waals surface area contributed by atoms with Gasteiger partial charge in [0.25, 0.3) is 0 Å². The zero-order chi connectivity index (χ0) is 21.9. The summed E-state index contributed by atoms with van der Waals surface area (Å²) >= 11 is 0. The maximum Gasteiger partial charge on any atom is 0.302 e. The normalized spacial score (nSPS) is 47.6. The molecule has 4 saturated carbocycles. The molecule has 0 heterocycles. The van der Waals surface area contributed by atoms with Crippen LogP contribution in [0.5, 0.6) is 0 Å². The van der Waals surface area contributed by atoms with Crippen molar-refractivity contribution in [3.63, 3.8) is 0 Å². The number of alkyl halides is 1. The van der Waals surface area contributed by atoms with Gasteiger partial charge in [-0.05, 0) is 56.3 Å². The van der Waals surface area contributed by atoms with Crippen LogP contribution in [0.25, 0.3) is 0 Å². The van der Waals surface area contributed by atoms with Crippen LogP contribution in [-0.2, 0) is 23.9 Å². The predicted octanol–water partition coefficient (Wildman–Crippen LogP) is 3.14. The lowest BCUT2D eigenvalue weighted by Gasteiger charge is -2.63. The highest BCUT2D eigenvalue weighted by atomic mass is 19.1. The van der Waals surface area contributed by atoms with Crippen molar-refractivity contribution in [3.8, 4) is 0 Å². The number of fused-ring (bicyclic) bond motifs is 5. The first-order chi connectivity index (χ1) is 14.0. The highest BCUT2D eigenvalue weighted by Gasteiger charge is 2.70. The van der Waals surface area contributed by atoms with E-state index in [1.165, 1.54) is 13.8 Å². The SMILES string of the molecule is CC(=O)OCC12CCC(F)CC1(O)C(=O)CC1C3CCC(OC(C)=O)C3(C)CCC12. The molecule has 4 aliphatic rings. The van der Waals surface area contributed by atoms with Gasteiger partial charge < -0.3 is 14.6 Å². The maximum atomic E-state index is 14.3. The quantitative estimate of drug-likeness (QED) is 0.700. The molecule has 0 amide bonds. The number of ether oxygens (including phenoxy) is 2. The Morgan fingerprint density at radius 1 is 1.10 bits per heavy atom. The van der Waals surface area contributed by atoms with Gasteiger partial charge in [-0.25, -0.2) is 4.39 Å². The number of carbonyl (C=O) groups is 3. The van der Waals surface area contributed by atoms with Gasteiger partial charge in [0.05, 0.1) is 0 Å². The number of aliphatic hydroxyl groups is 1. The van der Waals surface area contributed by atoms with Crippen molar-refractivity contribution in [1.82, 2.24) is 0 Å². The zero-order valence-electron chi connectivity index (χ0n) is 18.1. The number of esters is 2. The zero-order valence-corrected chi connectivity index (χ0v) is 18.1. The Bertz CT molecular complexity index is 754. The highest BCUT2D eigenvalue weighted by molar-refractivity contribution is 5.90. The van der Waals surface area contributed by atoms with Crippen LogP contribution in [-0.4, -0.2) is 47.3 Å². The molecule has 0 aromatic carbocycles. The summed E-state index contributed by atoms with van der Waals surface area (Å²) in [5.74, 6) is -0.888. The van der Waals surface area contributed by atoms with E-state index in [-0.39, 0.29) is 66.9 Å². The van der Waals surface area contributed by atoms with E-state index < -0.39 is 23.2 Å². The first-order valence-corrected chi connectivity index (χ1v) is 11.2. The third-order valence-corrected chi connectivity index (χ3v) is 9.03. The molecule has 0 radical (unpaired) electrons. The summed E-state index contributed by atoms with van der Waals surface area (Å²) in [6.07, 6.45) is 2.38. The van der Waals surface area contributed by atoms with E-state index in [1.807, 2.05) is 0 Å². The fourth-order valence-corrected chi connectivity index (χ4v) is 7.65. The van der Waals surface area contributed by atoms with Gasteiger partial charge in [-0.2, -0.15) is 0 Å². The summed E-state index contributed by atoms with van der Waals surface area (Å²) in [6, 6.07) is 0. The van der Waals surface area contributed by atoms with Gasteiger partial charge in [-0.1, -0.05) is 6.92 Å². The molecule has 0 saturated heterocycles. The van der Waals surface area contributed by atoms with E-state index in [4.69, 9.17) is 9.47 Å². The van der Waals surface area contributed by atoms with Crippen LogP contribution < -0.4 is 0 Å². The molecule has 0 spiro atoms. The lowest BCUT2D eigenvalue weighted by Crippen LogP contribution is -2.69. The van der Waals surface area contributed by atoms with Crippen molar-refractivity contribution in [2.24, 2.45) is 28.6 Å². The van der Waals surface area contributed by atoms with Crippen molar-refractivity contribution in [1.29, 1.82) is 0 Å². The second-order valence-electron chi connectivity index (χ2n) is 10.4. The molecule has 4 rings (SSSR count). The molecular weight excluding hydrogens is 391 g/mol. The topological polar surface area (TPSA) is 89.9 Å². The number of hydrogen-bond donors (Lipinski definition) is 1. The van der Waals surface area contributed by atoms with Crippen molar-refractivity contribution >= 4 is 17.7 Å². The van der Waals surface area contributed by atoms with E-state index in [2.05, 4.69) is 6.92 Å². The molecule has 168 valence electrons. The Morgan fingerprint density at radius 3 is 2.50 bits per heavy atom. The molecule has 0 bridgehead atoms. The number of halogens is 1. The van der Waals surface area contributed by atoms with Gasteiger partial charge in [0.1, 0.15) is 24.5 Å². The Balaban J connectivity index is 1.71. The van der Waals surface area contributed by atoms with Gasteiger partial charge >= 0.3 is 11.9 Å². The molecule has 30 heavy (non-hydrogen) atoms. The second kappa shape index (κ2) is 7.28. The van der Waals surface area contributed by atoms with Crippen molar-refractivity contribution < 1.29 is 33.4 Å². The standard InChI is InChI=1S/C23H33FO6/c1-13(25)29-12-22-9-6-15(24)11-23(22,28)19(27)10-16-17-4-5-20(30-14(2)26)21(17,3)8-7-18(16)22/h15-18,20,28H,4-12H2,1-3H3. The van der Waals surface area contributed by atoms with E-state index in [1.54, 1.807) is 0 Å². The van der Waals surface area contributed by atoms with Crippen LogP contribution in [0, 0.1) is 28.6 Å². The largest absolute Gasteiger partial charge is 0.465 e. The minimum absolute atomic E-state index is 0.0174. The predicted molar refractivity (Wildman–Crippen MR) is 105 cm³/mol. The van der Waals surface area contributed by atoms with Crippen LogP contribution >= 0.6 is 0 Å². The summed E-state index contributed by atoms with van der Waals surface area (Å²) in [7, 11) is 0. The third kappa shape index (κ3) is 3.02. The van der Waals surface area contributed by atoms with E-state index >= 15 is 0 Å². The fraction of sp³-hybridized carbons (Fsp3) is 0.870. The molecule has 0 aliphatic heterocycles. The monoisotopic (exact) mass is 424 g/mol.